The van der Waals surface area contributed by atoms with Crippen molar-refractivity contribution in [2.24, 2.45) is 0 Å². The second kappa shape index (κ2) is 11.0. The van der Waals surface area contributed by atoms with Gasteiger partial charge in [0.05, 0.1) is 11.4 Å². The summed E-state index contributed by atoms with van der Waals surface area (Å²) in [6.07, 6.45) is -2.19. The van der Waals surface area contributed by atoms with Gasteiger partial charge in [-0.05, 0) is 44.2 Å². The van der Waals surface area contributed by atoms with Crippen LogP contribution in [0.5, 0.6) is 5.75 Å². The van der Waals surface area contributed by atoms with Crippen LogP contribution >= 0.6 is 0 Å². The second-order valence-corrected chi connectivity index (χ2v) is 8.81. The van der Waals surface area contributed by atoms with Gasteiger partial charge >= 0.3 is 11.9 Å². The van der Waals surface area contributed by atoms with Crippen LogP contribution in [0.1, 0.15) is 12.0 Å². The van der Waals surface area contributed by atoms with Crippen molar-refractivity contribution in [1.82, 2.24) is 14.0 Å². The van der Waals surface area contributed by atoms with Crippen LogP contribution in [0.2, 0.25) is 0 Å². The lowest BCUT2D eigenvalue weighted by Gasteiger charge is -2.36. The molecule has 0 saturated carbocycles. The molecule has 0 spiro atoms. The van der Waals surface area contributed by atoms with Crippen molar-refractivity contribution >= 4 is 5.69 Å². The number of rotatable bonds is 8. The van der Waals surface area contributed by atoms with Crippen molar-refractivity contribution in [3.8, 4) is 11.4 Å². The van der Waals surface area contributed by atoms with E-state index in [1.807, 2.05) is 35.2 Å². The van der Waals surface area contributed by atoms with E-state index in [1.54, 1.807) is 37.4 Å². The average Bonchev–Trinajstić information content (AvgIpc) is 2.87. The molecule has 7 nitrogen and oxygen atoms in total. The number of aromatic nitrogens is 2. The summed E-state index contributed by atoms with van der Waals surface area (Å²) in [4.78, 5) is 29.9. The zero-order chi connectivity index (χ0) is 25.7. The highest BCUT2D eigenvalue weighted by Crippen LogP contribution is 2.30. The van der Waals surface area contributed by atoms with Gasteiger partial charge in [-0.25, -0.2) is 4.79 Å². The molecule has 0 unspecified atom stereocenters. The summed E-state index contributed by atoms with van der Waals surface area (Å²) >= 11 is 0. The van der Waals surface area contributed by atoms with Gasteiger partial charge in [0, 0.05) is 44.5 Å². The highest BCUT2D eigenvalue weighted by atomic mass is 19.4. The number of hydrogen-bond donors (Lipinski definition) is 0. The first-order valence-electron chi connectivity index (χ1n) is 11.9. The van der Waals surface area contributed by atoms with Crippen LogP contribution in [0.3, 0.4) is 0 Å². The zero-order valence-corrected chi connectivity index (χ0v) is 20.1. The standard InChI is InChI=1S/C26H29F3N4O3/c1-20-18-33(21-8-3-2-4-9-21)25(35)32(24(20)34)13-7-12-30-14-16-31(17-15-30)22-10-5-6-11-23(22)36-19-26(27,28)29/h2-6,8-11,18H,7,12-17,19H2,1H3. The van der Waals surface area contributed by atoms with Gasteiger partial charge in [0.15, 0.2) is 6.61 Å². The number of alkyl halides is 3. The Balaban J connectivity index is 1.35. The van der Waals surface area contributed by atoms with Crippen LogP contribution in [0, 0.1) is 6.92 Å². The number of benzene rings is 2. The smallest absolute Gasteiger partial charge is 0.422 e. The summed E-state index contributed by atoms with van der Waals surface area (Å²) in [5.74, 6) is 0.219. The number of piperazine rings is 1. The van der Waals surface area contributed by atoms with E-state index in [0.29, 0.717) is 62.6 Å². The molecule has 0 amide bonds. The molecule has 1 aliphatic rings. The Bertz CT molecular complexity index is 1280. The number of para-hydroxylation sites is 3. The van der Waals surface area contributed by atoms with E-state index in [9.17, 15) is 22.8 Å². The van der Waals surface area contributed by atoms with Crippen LogP contribution in [0.25, 0.3) is 5.69 Å². The monoisotopic (exact) mass is 502 g/mol. The largest absolute Gasteiger partial charge is 0.482 e. The third kappa shape index (κ3) is 6.17. The second-order valence-electron chi connectivity index (χ2n) is 8.81. The highest BCUT2D eigenvalue weighted by molar-refractivity contribution is 5.58. The fraction of sp³-hybridized carbons (Fsp3) is 0.385. The van der Waals surface area contributed by atoms with Gasteiger partial charge < -0.3 is 9.64 Å². The van der Waals surface area contributed by atoms with E-state index in [1.165, 1.54) is 9.13 Å². The molecule has 1 aliphatic heterocycles. The first-order valence-corrected chi connectivity index (χ1v) is 11.9. The SMILES string of the molecule is Cc1cn(-c2ccccc2)c(=O)n(CCCN2CCN(c3ccccc3OCC(F)(F)F)CC2)c1=O. The van der Waals surface area contributed by atoms with Crippen molar-refractivity contribution in [2.45, 2.75) is 26.1 Å². The van der Waals surface area contributed by atoms with Crippen LogP contribution < -0.4 is 20.9 Å². The van der Waals surface area contributed by atoms with Gasteiger partial charge in [0.2, 0.25) is 0 Å². The number of halogens is 3. The van der Waals surface area contributed by atoms with E-state index >= 15 is 0 Å². The third-order valence-corrected chi connectivity index (χ3v) is 6.20. The summed E-state index contributed by atoms with van der Waals surface area (Å²) in [6.45, 7) is 4.08. The van der Waals surface area contributed by atoms with E-state index in [4.69, 9.17) is 4.74 Å². The first kappa shape index (κ1) is 25.6. The highest BCUT2D eigenvalue weighted by Gasteiger charge is 2.29. The van der Waals surface area contributed by atoms with Crippen molar-refractivity contribution in [3.63, 3.8) is 0 Å². The minimum absolute atomic E-state index is 0.219. The van der Waals surface area contributed by atoms with Gasteiger partial charge in [-0.2, -0.15) is 13.2 Å². The number of nitrogens with zero attached hydrogens (tertiary/aromatic N) is 4. The maximum absolute atomic E-state index is 13.0. The Morgan fingerprint density at radius 1 is 0.889 bits per heavy atom. The summed E-state index contributed by atoms with van der Waals surface area (Å²) in [6, 6.07) is 15.9. The van der Waals surface area contributed by atoms with E-state index in [-0.39, 0.29) is 17.0 Å². The van der Waals surface area contributed by atoms with Crippen molar-refractivity contribution in [3.05, 3.63) is 87.2 Å². The molecular formula is C26H29F3N4O3. The quantitative estimate of drug-likeness (QED) is 0.472. The first-order chi connectivity index (χ1) is 17.2. The van der Waals surface area contributed by atoms with Gasteiger partial charge in [0.1, 0.15) is 5.75 Å². The zero-order valence-electron chi connectivity index (χ0n) is 20.1. The molecule has 36 heavy (non-hydrogen) atoms. The number of aryl methyl sites for hydroxylation is 1. The summed E-state index contributed by atoms with van der Waals surface area (Å²) in [5.41, 5.74) is 1.20. The molecule has 192 valence electrons. The van der Waals surface area contributed by atoms with E-state index < -0.39 is 12.8 Å². The maximum atomic E-state index is 13.0. The number of anilines is 1. The molecule has 3 aromatic rings. The fourth-order valence-corrected chi connectivity index (χ4v) is 4.37. The molecule has 10 heteroatoms. The molecular weight excluding hydrogens is 473 g/mol. The van der Waals surface area contributed by atoms with Crippen molar-refractivity contribution in [2.75, 3.05) is 44.2 Å². The Labute approximate surface area is 207 Å². The maximum Gasteiger partial charge on any atom is 0.422 e. The topological polar surface area (TPSA) is 59.7 Å². The molecule has 0 bridgehead atoms. The van der Waals surface area contributed by atoms with Gasteiger partial charge in [-0.3, -0.25) is 18.8 Å². The predicted molar refractivity (Wildman–Crippen MR) is 132 cm³/mol. The van der Waals surface area contributed by atoms with Crippen LogP contribution in [0.15, 0.2) is 70.4 Å². The summed E-state index contributed by atoms with van der Waals surface area (Å²) in [7, 11) is 0. The lowest BCUT2D eigenvalue weighted by atomic mass is 10.2. The fourth-order valence-electron chi connectivity index (χ4n) is 4.37. The third-order valence-electron chi connectivity index (χ3n) is 6.20. The molecule has 0 N–H and O–H groups in total. The summed E-state index contributed by atoms with van der Waals surface area (Å²) in [5, 5.41) is 0. The minimum atomic E-state index is -4.39. The normalized spacial score (nSPS) is 14.7. The average molecular weight is 503 g/mol. The van der Waals surface area contributed by atoms with Gasteiger partial charge in [-0.1, -0.05) is 30.3 Å². The van der Waals surface area contributed by atoms with Crippen LogP contribution in [-0.4, -0.2) is 59.5 Å². The van der Waals surface area contributed by atoms with Crippen molar-refractivity contribution < 1.29 is 17.9 Å². The number of hydrogen-bond acceptors (Lipinski definition) is 5. The van der Waals surface area contributed by atoms with E-state index in [2.05, 4.69) is 4.90 Å². The Morgan fingerprint density at radius 3 is 2.25 bits per heavy atom. The molecule has 0 atom stereocenters. The van der Waals surface area contributed by atoms with Crippen LogP contribution in [-0.2, 0) is 6.54 Å². The number of ether oxygens (including phenoxy) is 1. The molecule has 1 saturated heterocycles. The Hall–Kier alpha value is -3.53. The predicted octanol–water partition coefficient (Wildman–Crippen LogP) is 3.46. The molecule has 1 aromatic heterocycles. The summed E-state index contributed by atoms with van der Waals surface area (Å²) < 4.78 is 45.6. The molecule has 0 aliphatic carbocycles. The molecule has 0 radical (unpaired) electrons. The van der Waals surface area contributed by atoms with Gasteiger partial charge in [0.25, 0.3) is 5.56 Å². The Kier molecular flexibility index (Phi) is 7.83. The lowest BCUT2D eigenvalue weighted by Crippen LogP contribution is -2.47. The molecule has 1 fully saturated rings. The van der Waals surface area contributed by atoms with E-state index in [0.717, 1.165) is 0 Å². The lowest BCUT2D eigenvalue weighted by molar-refractivity contribution is -0.153. The molecule has 2 heterocycles. The molecule has 4 rings (SSSR count). The van der Waals surface area contributed by atoms with Gasteiger partial charge in [-0.15, -0.1) is 0 Å². The Morgan fingerprint density at radius 2 is 1.56 bits per heavy atom. The minimum Gasteiger partial charge on any atom is -0.482 e. The van der Waals surface area contributed by atoms with Crippen molar-refractivity contribution in [1.29, 1.82) is 0 Å². The van der Waals surface area contributed by atoms with Crippen LogP contribution in [0.4, 0.5) is 18.9 Å². The molecule has 2 aromatic carbocycles.